The SMILES string of the molecule is Cc1ccn2c(Cc3nc4nccnc4[nH]3)c(-c3ccc(Cl)cc3)nc2c1. The third-order valence-corrected chi connectivity index (χ3v) is 4.77. The highest BCUT2D eigenvalue weighted by Gasteiger charge is 2.17. The fourth-order valence-electron chi connectivity index (χ4n) is 3.24. The molecule has 0 bridgehead atoms. The topological polar surface area (TPSA) is 71.8 Å². The van der Waals surface area contributed by atoms with Gasteiger partial charge in [0.15, 0.2) is 11.3 Å². The zero-order valence-corrected chi connectivity index (χ0v) is 15.3. The standard InChI is InChI=1S/C20H15ClN6/c1-12-6-9-27-15(11-16-24-19-20(25-16)23-8-7-22-19)18(26-17(27)10-12)13-2-4-14(21)5-3-13/h2-10H,11H2,1H3,(H,22,23,24,25). The predicted molar refractivity (Wildman–Crippen MR) is 105 cm³/mol. The van der Waals surface area contributed by atoms with Gasteiger partial charge in [0.25, 0.3) is 0 Å². The summed E-state index contributed by atoms with van der Waals surface area (Å²) < 4.78 is 2.10. The molecule has 5 aromatic rings. The maximum Gasteiger partial charge on any atom is 0.197 e. The highest BCUT2D eigenvalue weighted by Crippen LogP contribution is 2.28. The van der Waals surface area contributed by atoms with Gasteiger partial charge in [-0.05, 0) is 36.8 Å². The average Bonchev–Trinajstić information content (AvgIpc) is 3.23. The number of nitrogens with one attached hydrogen (secondary N) is 1. The van der Waals surface area contributed by atoms with Crippen LogP contribution in [0.2, 0.25) is 5.02 Å². The number of H-pyrrole nitrogens is 1. The van der Waals surface area contributed by atoms with Gasteiger partial charge in [-0.25, -0.2) is 19.9 Å². The number of fused-ring (bicyclic) bond motifs is 2. The Bertz CT molecular complexity index is 1240. The van der Waals surface area contributed by atoms with Crippen LogP contribution in [0.15, 0.2) is 55.0 Å². The Morgan fingerprint density at radius 1 is 1.04 bits per heavy atom. The van der Waals surface area contributed by atoms with E-state index >= 15 is 0 Å². The van der Waals surface area contributed by atoms with Crippen LogP contribution in [-0.4, -0.2) is 29.3 Å². The highest BCUT2D eigenvalue weighted by molar-refractivity contribution is 6.30. The largest absolute Gasteiger partial charge is 0.325 e. The van der Waals surface area contributed by atoms with Crippen molar-refractivity contribution in [3.8, 4) is 11.3 Å². The molecule has 4 aromatic heterocycles. The molecule has 5 rings (SSSR count). The summed E-state index contributed by atoms with van der Waals surface area (Å²) in [5.74, 6) is 0.800. The molecule has 1 N–H and O–H groups in total. The Kier molecular flexibility index (Phi) is 3.65. The van der Waals surface area contributed by atoms with Crippen LogP contribution >= 0.6 is 11.6 Å². The van der Waals surface area contributed by atoms with E-state index in [0.717, 1.165) is 28.4 Å². The van der Waals surface area contributed by atoms with E-state index in [1.807, 2.05) is 30.5 Å². The molecule has 0 radical (unpaired) electrons. The second-order valence-electron chi connectivity index (χ2n) is 6.44. The van der Waals surface area contributed by atoms with Gasteiger partial charge in [-0.15, -0.1) is 0 Å². The summed E-state index contributed by atoms with van der Waals surface area (Å²) in [5, 5.41) is 0.703. The van der Waals surface area contributed by atoms with Crippen molar-refractivity contribution in [2.75, 3.05) is 0 Å². The van der Waals surface area contributed by atoms with E-state index in [2.05, 4.69) is 43.4 Å². The zero-order valence-electron chi connectivity index (χ0n) is 14.5. The van der Waals surface area contributed by atoms with Crippen LogP contribution in [0.25, 0.3) is 28.2 Å². The van der Waals surface area contributed by atoms with Crippen molar-refractivity contribution < 1.29 is 0 Å². The first-order chi connectivity index (χ1) is 13.2. The van der Waals surface area contributed by atoms with E-state index in [1.54, 1.807) is 12.4 Å². The number of benzene rings is 1. The van der Waals surface area contributed by atoms with Crippen molar-refractivity contribution in [1.29, 1.82) is 0 Å². The molecule has 0 saturated carbocycles. The van der Waals surface area contributed by atoms with E-state index in [1.165, 1.54) is 5.56 Å². The number of aromatic nitrogens is 6. The summed E-state index contributed by atoms with van der Waals surface area (Å²) in [4.78, 5) is 21.2. The number of nitrogens with zero attached hydrogens (tertiary/aromatic N) is 5. The lowest BCUT2D eigenvalue weighted by Crippen LogP contribution is -1.98. The number of halogens is 1. The number of aromatic amines is 1. The summed E-state index contributed by atoms with van der Waals surface area (Å²) in [7, 11) is 0. The molecule has 4 heterocycles. The first-order valence-electron chi connectivity index (χ1n) is 8.56. The average molecular weight is 375 g/mol. The maximum atomic E-state index is 6.06. The van der Waals surface area contributed by atoms with Gasteiger partial charge in [0.05, 0.1) is 11.4 Å². The second kappa shape index (κ2) is 6.17. The normalized spacial score (nSPS) is 11.5. The van der Waals surface area contributed by atoms with Gasteiger partial charge in [0.2, 0.25) is 0 Å². The fraction of sp³-hybridized carbons (Fsp3) is 0.100. The molecule has 1 aromatic carbocycles. The van der Waals surface area contributed by atoms with Crippen LogP contribution in [-0.2, 0) is 6.42 Å². The first kappa shape index (κ1) is 16.0. The van der Waals surface area contributed by atoms with Gasteiger partial charge < -0.3 is 9.38 Å². The summed E-state index contributed by atoms with van der Waals surface area (Å²) in [6.45, 7) is 2.06. The van der Waals surface area contributed by atoms with E-state index in [-0.39, 0.29) is 0 Å². The maximum absolute atomic E-state index is 6.06. The molecule has 27 heavy (non-hydrogen) atoms. The third-order valence-electron chi connectivity index (χ3n) is 4.52. The third kappa shape index (κ3) is 2.84. The Balaban J connectivity index is 1.68. The minimum absolute atomic E-state index is 0.584. The molecule has 132 valence electrons. The number of rotatable bonds is 3. The van der Waals surface area contributed by atoms with Crippen molar-refractivity contribution in [2.24, 2.45) is 0 Å². The number of imidazole rings is 2. The molecular weight excluding hydrogens is 360 g/mol. The van der Waals surface area contributed by atoms with Gasteiger partial charge in [-0.2, -0.15) is 0 Å². The summed E-state index contributed by atoms with van der Waals surface area (Å²) in [6, 6.07) is 11.9. The van der Waals surface area contributed by atoms with Crippen LogP contribution in [0, 0.1) is 6.92 Å². The Hall–Kier alpha value is -3.25. The molecule has 0 aliphatic carbocycles. The van der Waals surface area contributed by atoms with Crippen LogP contribution < -0.4 is 0 Å². The van der Waals surface area contributed by atoms with Crippen LogP contribution in [0.3, 0.4) is 0 Å². The fourth-order valence-corrected chi connectivity index (χ4v) is 3.37. The molecule has 0 aliphatic heterocycles. The number of hydrogen-bond acceptors (Lipinski definition) is 4. The van der Waals surface area contributed by atoms with Crippen molar-refractivity contribution in [3.05, 3.63) is 77.1 Å². The van der Waals surface area contributed by atoms with E-state index < -0.39 is 0 Å². The Morgan fingerprint density at radius 3 is 2.67 bits per heavy atom. The van der Waals surface area contributed by atoms with Gasteiger partial charge in [-0.1, -0.05) is 23.7 Å². The second-order valence-corrected chi connectivity index (χ2v) is 6.87. The number of pyridine rings is 1. The lowest BCUT2D eigenvalue weighted by molar-refractivity contribution is 0.958. The molecular formula is C20H15ClN6. The molecule has 6 nitrogen and oxygen atoms in total. The lowest BCUT2D eigenvalue weighted by atomic mass is 10.1. The van der Waals surface area contributed by atoms with Gasteiger partial charge >= 0.3 is 0 Å². The molecule has 0 aliphatic rings. The summed E-state index contributed by atoms with van der Waals surface area (Å²) in [6.07, 6.45) is 5.93. The summed E-state index contributed by atoms with van der Waals surface area (Å²) >= 11 is 6.06. The molecule has 0 fully saturated rings. The lowest BCUT2D eigenvalue weighted by Gasteiger charge is -2.04. The zero-order chi connectivity index (χ0) is 18.4. The molecule has 0 saturated heterocycles. The smallest absolute Gasteiger partial charge is 0.197 e. The first-order valence-corrected chi connectivity index (χ1v) is 8.94. The van der Waals surface area contributed by atoms with Gasteiger partial charge in [0.1, 0.15) is 11.5 Å². The molecule has 7 heteroatoms. The molecule has 0 atom stereocenters. The minimum atomic E-state index is 0.584. The predicted octanol–water partition coefficient (Wildman–Crippen LogP) is 4.22. The Morgan fingerprint density at radius 2 is 1.85 bits per heavy atom. The molecule has 0 spiro atoms. The van der Waals surface area contributed by atoms with E-state index in [9.17, 15) is 0 Å². The van der Waals surface area contributed by atoms with Crippen molar-refractivity contribution in [1.82, 2.24) is 29.3 Å². The van der Waals surface area contributed by atoms with Gasteiger partial charge in [-0.3, -0.25) is 0 Å². The van der Waals surface area contributed by atoms with Gasteiger partial charge in [0, 0.05) is 35.6 Å². The Labute approximate surface area is 159 Å². The van der Waals surface area contributed by atoms with Crippen molar-refractivity contribution >= 4 is 28.5 Å². The quantitative estimate of drug-likeness (QED) is 0.513. The van der Waals surface area contributed by atoms with Crippen LogP contribution in [0.1, 0.15) is 17.1 Å². The van der Waals surface area contributed by atoms with Crippen LogP contribution in [0.5, 0.6) is 0 Å². The van der Waals surface area contributed by atoms with Crippen molar-refractivity contribution in [3.63, 3.8) is 0 Å². The minimum Gasteiger partial charge on any atom is -0.325 e. The summed E-state index contributed by atoms with van der Waals surface area (Å²) in [5.41, 5.74) is 6.35. The van der Waals surface area contributed by atoms with Crippen molar-refractivity contribution in [2.45, 2.75) is 13.3 Å². The molecule has 0 amide bonds. The monoisotopic (exact) mass is 374 g/mol. The molecule has 0 unspecified atom stereocenters. The van der Waals surface area contributed by atoms with E-state index in [4.69, 9.17) is 16.6 Å². The number of hydrogen-bond donors (Lipinski definition) is 1. The van der Waals surface area contributed by atoms with Crippen LogP contribution in [0.4, 0.5) is 0 Å². The van der Waals surface area contributed by atoms with E-state index in [0.29, 0.717) is 22.7 Å². The highest BCUT2D eigenvalue weighted by atomic mass is 35.5. The number of aryl methyl sites for hydroxylation is 1.